The molecule has 0 aliphatic heterocycles. The van der Waals surface area contributed by atoms with Crippen LogP contribution in [0.25, 0.3) is 6.08 Å². The van der Waals surface area contributed by atoms with Crippen molar-refractivity contribution in [3.8, 4) is 11.8 Å². The number of ketones is 1. The van der Waals surface area contributed by atoms with Crippen molar-refractivity contribution in [3.63, 3.8) is 0 Å². The van der Waals surface area contributed by atoms with Gasteiger partial charge in [-0.3, -0.25) is 4.79 Å². The molecule has 0 bridgehead atoms. The van der Waals surface area contributed by atoms with Crippen LogP contribution in [0.3, 0.4) is 0 Å². The lowest BCUT2D eigenvalue weighted by molar-refractivity contribution is -0.114. The molecule has 39 heavy (non-hydrogen) atoms. The predicted molar refractivity (Wildman–Crippen MR) is 153 cm³/mol. The fourth-order valence-electron chi connectivity index (χ4n) is 3.61. The molecule has 10 heteroatoms. The van der Waals surface area contributed by atoms with Crippen molar-refractivity contribution >= 4 is 62.7 Å². The van der Waals surface area contributed by atoms with Gasteiger partial charge in [0.2, 0.25) is 0 Å². The number of esters is 2. The third-order valence-electron chi connectivity index (χ3n) is 5.48. The van der Waals surface area contributed by atoms with E-state index >= 15 is 0 Å². The summed E-state index contributed by atoms with van der Waals surface area (Å²) in [7, 11) is 0. The molecule has 0 radical (unpaired) electrons. The summed E-state index contributed by atoms with van der Waals surface area (Å²) < 4.78 is 16.7. The molecule has 0 aliphatic rings. The van der Waals surface area contributed by atoms with Gasteiger partial charge in [0, 0.05) is 16.3 Å². The van der Waals surface area contributed by atoms with Crippen LogP contribution in [0.2, 0.25) is 5.02 Å². The molecule has 0 aliphatic carbocycles. The Labute approximate surface area is 244 Å². The van der Waals surface area contributed by atoms with Crippen molar-refractivity contribution in [3.05, 3.63) is 89.5 Å². The number of hydrogen-bond acceptors (Lipinski definition) is 8. The molecule has 2 aromatic carbocycles. The summed E-state index contributed by atoms with van der Waals surface area (Å²) in [5.74, 6) is -1.13. The van der Waals surface area contributed by atoms with Crippen molar-refractivity contribution in [1.82, 2.24) is 0 Å². The molecule has 0 saturated carbocycles. The molecule has 0 spiro atoms. The Kier molecular flexibility index (Phi) is 10.9. The zero-order chi connectivity index (χ0) is 28.5. The standard InChI is InChI=1S/C29H25BrClNO6S/c1-4-36-28(34)26-17(3)27(29(35)37-5-2)39-25(26)14-23(33)20(15-32)12-19-8-11-24(22(30)13-19)38-16-18-6-9-21(31)10-7-18/h6-13H,4-5,14,16H2,1-3H3/b20-12+. The van der Waals surface area contributed by atoms with E-state index < -0.39 is 17.7 Å². The van der Waals surface area contributed by atoms with Crippen LogP contribution in [0, 0.1) is 18.3 Å². The van der Waals surface area contributed by atoms with Crippen LogP contribution in [0.4, 0.5) is 0 Å². The maximum absolute atomic E-state index is 13.1. The number of carbonyl (C=O) groups is 3. The number of ether oxygens (including phenoxy) is 3. The summed E-state index contributed by atoms with van der Waals surface area (Å²) in [5.41, 5.74) is 1.99. The van der Waals surface area contributed by atoms with E-state index in [0.29, 0.717) is 37.9 Å². The molecule has 0 amide bonds. The van der Waals surface area contributed by atoms with E-state index in [0.717, 1.165) is 16.9 Å². The molecule has 3 rings (SSSR count). The number of halogens is 2. The highest BCUT2D eigenvalue weighted by molar-refractivity contribution is 9.10. The lowest BCUT2D eigenvalue weighted by Gasteiger charge is -2.09. The number of hydrogen-bond donors (Lipinski definition) is 0. The predicted octanol–water partition coefficient (Wildman–Crippen LogP) is 7.12. The lowest BCUT2D eigenvalue weighted by atomic mass is 10.0. The second-order valence-corrected chi connectivity index (χ2v) is 10.6. The number of carbonyl (C=O) groups excluding carboxylic acids is 3. The molecule has 0 unspecified atom stereocenters. The third kappa shape index (κ3) is 7.79. The fourth-order valence-corrected chi connectivity index (χ4v) is 5.43. The molecule has 0 N–H and O–H groups in total. The first-order valence-electron chi connectivity index (χ1n) is 12.0. The average Bonchev–Trinajstić information content (AvgIpc) is 3.23. The van der Waals surface area contributed by atoms with Crippen LogP contribution < -0.4 is 4.74 Å². The van der Waals surface area contributed by atoms with Crippen LogP contribution >= 0.6 is 38.9 Å². The van der Waals surface area contributed by atoms with Gasteiger partial charge in [0.1, 0.15) is 23.3 Å². The molecule has 0 fully saturated rings. The number of nitrogens with zero attached hydrogens (tertiary/aromatic N) is 1. The summed E-state index contributed by atoms with van der Waals surface area (Å²) in [6.07, 6.45) is 1.22. The van der Waals surface area contributed by atoms with Crippen LogP contribution in [-0.2, 0) is 27.3 Å². The number of thiophene rings is 1. The minimum absolute atomic E-state index is 0.102. The number of nitriles is 1. The van der Waals surface area contributed by atoms with E-state index in [1.54, 1.807) is 51.1 Å². The molecular formula is C29H25BrClNO6S. The summed E-state index contributed by atoms with van der Waals surface area (Å²) >= 11 is 10.4. The maximum atomic E-state index is 13.1. The van der Waals surface area contributed by atoms with Crippen LogP contribution in [0.15, 0.2) is 52.5 Å². The van der Waals surface area contributed by atoms with Gasteiger partial charge < -0.3 is 14.2 Å². The van der Waals surface area contributed by atoms with Crippen LogP contribution in [0.5, 0.6) is 5.75 Å². The summed E-state index contributed by atoms with van der Waals surface area (Å²) in [6.45, 7) is 5.59. The van der Waals surface area contributed by atoms with Gasteiger partial charge in [-0.25, -0.2) is 9.59 Å². The van der Waals surface area contributed by atoms with Crippen LogP contribution in [-0.4, -0.2) is 30.9 Å². The van der Waals surface area contributed by atoms with Crippen molar-refractivity contribution in [2.24, 2.45) is 0 Å². The van der Waals surface area contributed by atoms with Crippen LogP contribution in [0.1, 0.15) is 55.4 Å². The smallest absolute Gasteiger partial charge is 0.348 e. The second kappa shape index (κ2) is 14.1. The van der Waals surface area contributed by atoms with E-state index in [1.807, 2.05) is 18.2 Å². The molecule has 0 atom stereocenters. The minimum Gasteiger partial charge on any atom is -0.488 e. The highest BCUT2D eigenvalue weighted by Crippen LogP contribution is 2.32. The summed E-state index contributed by atoms with van der Waals surface area (Å²) in [6, 6.07) is 14.5. The van der Waals surface area contributed by atoms with Crippen molar-refractivity contribution < 1.29 is 28.6 Å². The maximum Gasteiger partial charge on any atom is 0.348 e. The van der Waals surface area contributed by atoms with Gasteiger partial charge in [-0.2, -0.15) is 5.26 Å². The molecule has 1 heterocycles. The van der Waals surface area contributed by atoms with Gasteiger partial charge in [-0.15, -0.1) is 11.3 Å². The number of allylic oxidation sites excluding steroid dienone is 1. The highest BCUT2D eigenvalue weighted by atomic mass is 79.9. The van der Waals surface area contributed by atoms with E-state index in [2.05, 4.69) is 15.9 Å². The van der Waals surface area contributed by atoms with Crippen molar-refractivity contribution in [2.75, 3.05) is 13.2 Å². The van der Waals surface area contributed by atoms with Gasteiger partial charge >= 0.3 is 11.9 Å². The monoisotopic (exact) mass is 629 g/mol. The average molecular weight is 631 g/mol. The van der Waals surface area contributed by atoms with E-state index in [9.17, 15) is 19.6 Å². The Morgan fingerprint density at radius 1 is 1.05 bits per heavy atom. The van der Waals surface area contributed by atoms with Gasteiger partial charge in [0.25, 0.3) is 0 Å². The number of Topliss-reactive ketones (excluding diaryl/α,β-unsaturated/α-hetero) is 1. The first kappa shape index (κ1) is 30.1. The molecular weight excluding hydrogens is 606 g/mol. The lowest BCUT2D eigenvalue weighted by Crippen LogP contribution is -2.12. The SMILES string of the molecule is CCOC(=O)c1sc(CC(=O)/C(C#N)=C/c2ccc(OCc3ccc(Cl)cc3)c(Br)c2)c(C(=O)OCC)c1C. The first-order chi connectivity index (χ1) is 18.7. The van der Waals surface area contributed by atoms with E-state index in [-0.39, 0.29) is 35.6 Å². The molecule has 7 nitrogen and oxygen atoms in total. The number of benzene rings is 2. The molecule has 1 aromatic heterocycles. The van der Waals surface area contributed by atoms with E-state index in [4.69, 9.17) is 25.8 Å². The van der Waals surface area contributed by atoms with E-state index in [1.165, 1.54) is 6.08 Å². The van der Waals surface area contributed by atoms with Crippen molar-refractivity contribution in [2.45, 2.75) is 33.8 Å². The minimum atomic E-state index is -0.634. The Bertz CT molecular complexity index is 1460. The summed E-state index contributed by atoms with van der Waals surface area (Å²) in [4.78, 5) is 38.7. The van der Waals surface area contributed by atoms with Gasteiger partial charge in [-0.1, -0.05) is 29.8 Å². The fraction of sp³-hybridized carbons (Fsp3) is 0.241. The van der Waals surface area contributed by atoms with Crippen molar-refractivity contribution in [1.29, 1.82) is 5.26 Å². The first-order valence-corrected chi connectivity index (χ1v) is 13.9. The Hall–Kier alpha value is -3.45. The Morgan fingerprint density at radius 3 is 2.33 bits per heavy atom. The number of rotatable bonds is 11. The Balaban J connectivity index is 1.82. The zero-order valence-electron chi connectivity index (χ0n) is 21.5. The second-order valence-electron chi connectivity index (χ2n) is 8.17. The topological polar surface area (TPSA) is 103 Å². The van der Waals surface area contributed by atoms with Gasteiger partial charge in [0.15, 0.2) is 5.78 Å². The largest absolute Gasteiger partial charge is 0.488 e. The molecule has 0 saturated heterocycles. The normalized spacial score (nSPS) is 11.0. The summed E-state index contributed by atoms with van der Waals surface area (Å²) in [5, 5.41) is 10.4. The molecule has 3 aromatic rings. The van der Waals surface area contributed by atoms with Gasteiger partial charge in [0.05, 0.1) is 28.8 Å². The quantitative estimate of drug-likeness (QED) is 0.126. The Morgan fingerprint density at radius 2 is 1.72 bits per heavy atom. The zero-order valence-corrected chi connectivity index (χ0v) is 24.7. The van der Waals surface area contributed by atoms with Gasteiger partial charge in [-0.05, 0) is 83.7 Å². The third-order valence-corrected chi connectivity index (χ3v) is 7.62. The molecule has 202 valence electrons. The highest BCUT2D eigenvalue weighted by Gasteiger charge is 2.28.